The summed E-state index contributed by atoms with van der Waals surface area (Å²) < 4.78 is 43.3. The monoisotopic (exact) mass is 436 g/mol. The zero-order valence-electron chi connectivity index (χ0n) is 17.4. The molecule has 0 unspecified atom stereocenters. The highest BCUT2D eigenvalue weighted by Crippen LogP contribution is 2.25. The zero-order valence-corrected chi connectivity index (χ0v) is 18.3. The molecule has 2 N–H and O–H groups in total. The van der Waals surface area contributed by atoms with Gasteiger partial charge in [0.05, 0.1) is 21.5 Å². The molecule has 9 heteroatoms. The molecule has 0 atom stereocenters. The van der Waals surface area contributed by atoms with Crippen molar-refractivity contribution >= 4 is 33.2 Å². The van der Waals surface area contributed by atoms with Gasteiger partial charge in [0.15, 0.2) is 9.84 Å². The average Bonchev–Trinajstić information content (AvgIpc) is 2.62. The van der Waals surface area contributed by atoms with Gasteiger partial charge >= 0.3 is 6.09 Å². The summed E-state index contributed by atoms with van der Waals surface area (Å²) in [7, 11) is -3.46. The van der Waals surface area contributed by atoms with E-state index in [1.807, 2.05) is 0 Å². The van der Waals surface area contributed by atoms with Crippen LogP contribution in [0.25, 0.3) is 0 Å². The van der Waals surface area contributed by atoms with Gasteiger partial charge in [-0.2, -0.15) is 0 Å². The Morgan fingerprint density at radius 3 is 2.10 bits per heavy atom. The molecule has 0 aromatic heterocycles. The van der Waals surface area contributed by atoms with Crippen LogP contribution in [0.2, 0.25) is 0 Å². The van der Waals surface area contributed by atoms with E-state index in [0.717, 1.165) is 12.1 Å². The van der Waals surface area contributed by atoms with Gasteiger partial charge in [0.2, 0.25) is 0 Å². The van der Waals surface area contributed by atoms with Crippen LogP contribution in [-0.2, 0) is 14.6 Å². The normalized spacial score (nSPS) is 11.8. The van der Waals surface area contributed by atoms with Crippen molar-refractivity contribution in [1.29, 1.82) is 0 Å². The first-order valence-corrected chi connectivity index (χ1v) is 10.8. The number of sulfone groups is 1. The molecule has 0 aliphatic rings. The molecule has 7 nitrogen and oxygen atoms in total. The van der Waals surface area contributed by atoms with E-state index in [4.69, 9.17) is 4.74 Å². The molecule has 0 aliphatic carbocycles. The number of ether oxygens (including phenoxy) is 1. The molecule has 2 aromatic carbocycles. The second-order valence-corrected chi connectivity index (χ2v) is 10.4. The summed E-state index contributed by atoms with van der Waals surface area (Å²) in [6, 6.07) is 8.91. The molecule has 2 amide bonds. The Kier molecular flexibility index (Phi) is 6.87. The van der Waals surface area contributed by atoms with Crippen LogP contribution in [0.5, 0.6) is 0 Å². The maximum absolute atomic E-state index is 13.7. The predicted molar refractivity (Wildman–Crippen MR) is 113 cm³/mol. The van der Waals surface area contributed by atoms with E-state index in [0.29, 0.717) is 0 Å². The van der Waals surface area contributed by atoms with E-state index in [2.05, 4.69) is 10.6 Å². The number of nitrogens with one attached hydrogen (secondary N) is 2. The van der Waals surface area contributed by atoms with Crippen molar-refractivity contribution in [3.8, 4) is 0 Å². The SMILES string of the molecule is CC(C)S(=O)(=O)c1ccc(C(=O)Nc2cc(F)ccc2NC(=O)OC(C)(C)C)cc1. The number of hydrogen-bond acceptors (Lipinski definition) is 5. The minimum absolute atomic E-state index is 0.0322. The van der Waals surface area contributed by atoms with E-state index in [1.165, 1.54) is 30.3 Å². The quantitative estimate of drug-likeness (QED) is 0.713. The zero-order chi connectivity index (χ0) is 22.7. The lowest BCUT2D eigenvalue weighted by atomic mass is 10.2. The van der Waals surface area contributed by atoms with Crippen molar-refractivity contribution in [3.05, 3.63) is 53.8 Å². The van der Waals surface area contributed by atoms with Crippen molar-refractivity contribution in [2.75, 3.05) is 10.6 Å². The lowest BCUT2D eigenvalue weighted by molar-refractivity contribution is 0.0635. The number of anilines is 2. The molecule has 2 rings (SSSR count). The summed E-state index contributed by atoms with van der Waals surface area (Å²) in [5.41, 5.74) is -0.376. The van der Waals surface area contributed by atoms with Gasteiger partial charge in [-0.1, -0.05) is 0 Å². The highest BCUT2D eigenvalue weighted by molar-refractivity contribution is 7.92. The van der Waals surface area contributed by atoms with Crippen LogP contribution >= 0.6 is 0 Å². The van der Waals surface area contributed by atoms with Crippen LogP contribution < -0.4 is 10.6 Å². The van der Waals surface area contributed by atoms with Crippen molar-refractivity contribution in [2.45, 2.75) is 50.4 Å². The highest BCUT2D eigenvalue weighted by Gasteiger charge is 2.20. The molecule has 2 aromatic rings. The van der Waals surface area contributed by atoms with E-state index >= 15 is 0 Å². The Hall–Kier alpha value is -2.94. The van der Waals surface area contributed by atoms with Crippen molar-refractivity contribution in [2.24, 2.45) is 0 Å². The highest BCUT2D eigenvalue weighted by atomic mass is 32.2. The minimum atomic E-state index is -3.46. The Bertz CT molecular complexity index is 1040. The number of hydrogen-bond donors (Lipinski definition) is 2. The smallest absolute Gasteiger partial charge is 0.412 e. The third-order valence-corrected chi connectivity index (χ3v) is 6.10. The summed E-state index contributed by atoms with van der Waals surface area (Å²) >= 11 is 0. The second kappa shape index (κ2) is 8.83. The number of carbonyl (C=O) groups is 2. The molecule has 0 fully saturated rings. The van der Waals surface area contributed by atoms with E-state index in [1.54, 1.807) is 34.6 Å². The first-order chi connectivity index (χ1) is 13.8. The molecule has 0 spiro atoms. The molecule has 0 heterocycles. The molecule has 0 saturated heterocycles. The van der Waals surface area contributed by atoms with Crippen LogP contribution in [0.3, 0.4) is 0 Å². The van der Waals surface area contributed by atoms with Crippen molar-refractivity contribution in [3.63, 3.8) is 0 Å². The van der Waals surface area contributed by atoms with E-state index in [9.17, 15) is 22.4 Å². The summed E-state index contributed by atoms with van der Waals surface area (Å²) in [6.07, 6.45) is -0.757. The lowest BCUT2D eigenvalue weighted by Gasteiger charge is -2.20. The number of halogens is 1. The van der Waals surface area contributed by atoms with Gasteiger partial charge in [-0.05, 0) is 77.1 Å². The Balaban J connectivity index is 2.22. The van der Waals surface area contributed by atoms with Crippen LogP contribution in [0.15, 0.2) is 47.4 Å². The molecule has 30 heavy (non-hydrogen) atoms. The topological polar surface area (TPSA) is 102 Å². The van der Waals surface area contributed by atoms with Gasteiger partial charge in [-0.3, -0.25) is 10.1 Å². The van der Waals surface area contributed by atoms with Gasteiger partial charge in [-0.15, -0.1) is 0 Å². The standard InChI is InChI=1S/C21H25FN2O5S/c1-13(2)30(27,28)16-9-6-14(7-10-16)19(25)23-18-12-15(22)8-11-17(18)24-20(26)29-21(3,4)5/h6-13H,1-5H3,(H,23,25)(H,24,26). The fourth-order valence-electron chi connectivity index (χ4n) is 2.41. The Labute approximate surface area is 175 Å². The number of benzene rings is 2. The average molecular weight is 437 g/mol. The van der Waals surface area contributed by atoms with E-state index < -0.39 is 38.5 Å². The molecule has 0 aliphatic heterocycles. The maximum atomic E-state index is 13.7. The molecule has 0 saturated carbocycles. The summed E-state index contributed by atoms with van der Waals surface area (Å²) in [5.74, 6) is -1.21. The summed E-state index contributed by atoms with van der Waals surface area (Å²) in [5, 5.41) is 4.40. The fraction of sp³-hybridized carbons (Fsp3) is 0.333. The minimum Gasteiger partial charge on any atom is -0.444 e. The van der Waals surface area contributed by atoms with Crippen LogP contribution in [0.4, 0.5) is 20.6 Å². The van der Waals surface area contributed by atoms with Gasteiger partial charge in [0.25, 0.3) is 5.91 Å². The number of carbonyl (C=O) groups excluding carboxylic acids is 2. The van der Waals surface area contributed by atoms with E-state index in [-0.39, 0.29) is 21.8 Å². The van der Waals surface area contributed by atoms with Gasteiger partial charge in [-0.25, -0.2) is 17.6 Å². The lowest BCUT2D eigenvalue weighted by Crippen LogP contribution is -2.27. The molecule has 162 valence electrons. The maximum Gasteiger partial charge on any atom is 0.412 e. The third-order valence-electron chi connectivity index (χ3n) is 3.93. The second-order valence-electron chi connectivity index (χ2n) is 7.89. The Morgan fingerprint density at radius 1 is 0.967 bits per heavy atom. The molecule has 0 radical (unpaired) electrons. The van der Waals surface area contributed by atoms with Crippen molar-refractivity contribution < 1.29 is 27.1 Å². The third kappa shape index (κ3) is 6.03. The van der Waals surface area contributed by atoms with Gasteiger partial charge < -0.3 is 10.1 Å². The number of rotatable bonds is 5. The molecular weight excluding hydrogens is 411 g/mol. The number of amides is 2. The first-order valence-electron chi connectivity index (χ1n) is 9.24. The summed E-state index contributed by atoms with van der Waals surface area (Å²) in [6.45, 7) is 8.23. The summed E-state index contributed by atoms with van der Waals surface area (Å²) in [4.78, 5) is 24.7. The fourth-order valence-corrected chi connectivity index (χ4v) is 3.46. The first kappa shape index (κ1) is 23.3. The predicted octanol–water partition coefficient (Wildman–Crippen LogP) is 4.61. The van der Waals surface area contributed by atoms with Crippen LogP contribution in [0, 0.1) is 5.82 Å². The largest absolute Gasteiger partial charge is 0.444 e. The van der Waals surface area contributed by atoms with Gasteiger partial charge in [0.1, 0.15) is 11.4 Å². The molecule has 0 bridgehead atoms. The Morgan fingerprint density at radius 2 is 1.57 bits per heavy atom. The van der Waals surface area contributed by atoms with Crippen molar-refractivity contribution in [1.82, 2.24) is 0 Å². The van der Waals surface area contributed by atoms with Crippen LogP contribution in [0.1, 0.15) is 45.0 Å². The van der Waals surface area contributed by atoms with Gasteiger partial charge in [0, 0.05) is 5.56 Å². The molecular formula is C21H25FN2O5S. The van der Waals surface area contributed by atoms with Crippen LogP contribution in [-0.4, -0.2) is 31.3 Å².